The second-order valence-electron chi connectivity index (χ2n) is 3.39. The molecule has 72 valence electrons. The second kappa shape index (κ2) is 3.70. The lowest BCUT2D eigenvalue weighted by molar-refractivity contribution is 0.785. The van der Waals surface area contributed by atoms with Crippen LogP contribution in [-0.2, 0) is 0 Å². The highest BCUT2D eigenvalue weighted by Gasteiger charge is 2.07. The van der Waals surface area contributed by atoms with E-state index in [0.29, 0.717) is 0 Å². The molecule has 0 fully saturated rings. The highest BCUT2D eigenvalue weighted by molar-refractivity contribution is 5.31. The first-order chi connectivity index (χ1) is 6.02. The highest BCUT2D eigenvalue weighted by Crippen LogP contribution is 2.14. The van der Waals surface area contributed by atoms with Gasteiger partial charge in [-0.15, -0.1) is 0 Å². The molecular formula is C9H16N4. The van der Waals surface area contributed by atoms with Gasteiger partial charge in [0.05, 0.1) is 0 Å². The van der Waals surface area contributed by atoms with Crippen LogP contribution in [0, 0.1) is 6.92 Å². The van der Waals surface area contributed by atoms with Gasteiger partial charge in [0.25, 0.3) is 0 Å². The molecule has 1 rings (SSSR count). The summed E-state index contributed by atoms with van der Waals surface area (Å²) in [5.74, 6) is 0.724. The maximum absolute atomic E-state index is 5.75. The minimum atomic E-state index is -0.00351. The first-order valence-electron chi connectivity index (χ1n) is 4.29. The monoisotopic (exact) mass is 180 g/mol. The lowest BCUT2D eigenvalue weighted by Gasteiger charge is -2.13. The molecule has 1 atom stereocenters. The van der Waals surface area contributed by atoms with Crippen molar-refractivity contribution in [1.29, 1.82) is 0 Å². The molecule has 1 unspecified atom stereocenters. The number of anilines is 1. The number of hydrogen-bond acceptors (Lipinski definition) is 4. The molecule has 13 heavy (non-hydrogen) atoms. The highest BCUT2D eigenvalue weighted by atomic mass is 15.2. The molecule has 0 radical (unpaired) electrons. The smallest absolute Gasteiger partial charge is 0.224 e. The molecule has 0 aliphatic heterocycles. The summed E-state index contributed by atoms with van der Waals surface area (Å²) in [6.45, 7) is 3.88. The number of aromatic nitrogens is 2. The number of rotatable bonds is 2. The van der Waals surface area contributed by atoms with Gasteiger partial charge in [-0.3, -0.25) is 0 Å². The van der Waals surface area contributed by atoms with E-state index in [1.807, 2.05) is 32.8 Å². The number of aryl methyl sites for hydroxylation is 1. The Morgan fingerprint density at radius 3 is 2.46 bits per heavy atom. The van der Waals surface area contributed by atoms with Gasteiger partial charge < -0.3 is 10.6 Å². The summed E-state index contributed by atoms with van der Waals surface area (Å²) in [7, 11) is 3.83. The van der Waals surface area contributed by atoms with Crippen molar-refractivity contribution in [3.8, 4) is 0 Å². The summed E-state index contributed by atoms with van der Waals surface area (Å²) in [6, 6.07) is -0.00351. The van der Waals surface area contributed by atoms with Crippen LogP contribution < -0.4 is 10.6 Å². The van der Waals surface area contributed by atoms with Gasteiger partial charge in [0.15, 0.2) is 0 Å². The molecule has 2 N–H and O–H groups in total. The molecule has 0 aliphatic carbocycles. The number of nitrogens with two attached hydrogens (primary N) is 1. The molecule has 0 spiro atoms. The maximum Gasteiger partial charge on any atom is 0.224 e. The summed E-state index contributed by atoms with van der Waals surface area (Å²) < 4.78 is 0. The van der Waals surface area contributed by atoms with Crippen LogP contribution in [0.25, 0.3) is 0 Å². The Morgan fingerprint density at radius 1 is 1.46 bits per heavy atom. The van der Waals surface area contributed by atoms with Gasteiger partial charge in [0.1, 0.15) is 0 Å². The van der Waals surface area contributed by atoms with Crippen molar-refractivity contribution in [3.63, 3.8) is 0 Å². The summed E-state index contributed by atoms with van der Waals surface area (Å²) >= 11 is 0. The van der Waals surface area contributed by atoms with Gasteiger partial charge in [-0.2, -0.15) is 0 Å². The summed E-state index contributed by atoms with van der Waals surface area (Å²) in [4.78, 5) is 10.4. The van der Waals surface area contributed by atoms with Crippen LogP contribution in [0.15, 0.2) is 6.20 Å². The van der Waals surface area contributed by atoms with Gasteiger partial charge in [-0.1, -0.05) is 0 Å². The van der Waals surface area contributed by atoms with E-state index in [-0.39, 0.29) is 6.04 Å². The predicted octanol–water partition coefficient (Wildman–Crippen LogP) is 0.871. The minimum Gasteiger partial charge on any atom is -0.347 e. The molecule has 0 amide bonds. The molecule has 0 bridgehead atoms. The number of hydrogen-bond donors (Lipinski definition) is 1. The molecule has 4 nitrogen and oxygen atoms in total. The van der Waals surface area contributed by atoms with Crippen molar-refractivity contribution < 1.29 is 0 Å². The van der Waals surface area contributed by atoms with E-state index < -0.39 is 0 Å². The van der Waals surface area contributed by atoms with Crippen molar-refractivity contribution in [2.75, 3.05) is 19.0 Å². The van der Waals surface area contributed by atoms with E-state index in [4.69, 9.17) is 5.73 Å². The predicted molar refractivity (Wildman–Crippen MR) is 53.7 cm³/mol. The standard InChI is InChI=1S/C9H16N4/c1-6(10)8-5-11-9(13(3)4)12-7(8)2/h5-6H,10H2,1-4H3. The zero-order chi connectivity index (χ0) is 10.0. The van der Waals surface area contributed by atoms with Crippen molar-refractivity contribution in [2.24, 2.45) is 5.73 Å². The van der Waals surface area contributed by atoms with E-state index in [2.05, 4.69) is 9.97 Å². The van der Waals surface area contributed by atoms with Crippen LogP contribution in [-0.4, -0.2) is 24.1 Å². The van der Waals surface area contributed by atoms with Crippen LogP contribution in [0.5, 0.6) is 0 Å². The van der Waals surface area contributed by atoms with Gasteiger partial charge in [0, 0.05) is 37.6 Å². The Balaban J connectivity index is 3.06. The Labute approximate surface area is 78.8 Å². The third-order valence-corrected chi connectivity index (χ3v) is 1.90. The van der Waals surface area contributed by atoms with Crippen LogP contribution in [0.1, 0.15) is 24.2 Å². The van der Waals surface area contributed by atoms with Crippen molar-refractivity contribution in [1.82, 2.24) is 9.97 Å². The second-order valence-corrected chi connectivity index (χ2v) is 3.39. The third kappa shape index (κ3) is 2.15. The average molecular weight is 180 g/mol. The fraction of sp³-hybridized carbons (Fsp3) is 0.556. The normalized spacial score (nSPS) is 12.7. The minimum absolute atomic E-state index is 0.00351. The fourth-order valence-corrected chi connectivity index (χ4v) is 1.13. The number of nitrogens with zero attached hydrogens (tertiary/aromatic N) is 3. The van der Waals surface area contributed by atoms with E-state index in [9.17, 15) is 0 Å². The van der Waals surface area contributed by atoms with Gasteiger partial charge in [-0.25, -0.2) is 9.97 Å². The van der Waals surface area contributed by atoms with E-state index in [0.717, 1.165) is 17.2 Å². The lowest BCUT2D eigenvalue weighted by atomic mass is 10.1. The first kappa shape index (κ1) is 9.92. The summed E-state index contributed by atoms with van der Waals surface area (Å²) in [5.41, 5.74) is 7.70. The van der Waals surface area contributed by atoms with E-state index in [1.165, 1.54) is 0 Å². The Kier molecular flexibility index (Phi) is 2.83. The SMILES string of the molecule is Cc1nc(N(C)C)ncc1C(C)N. The van der Waals surface area contributed by atoms with Gasteiger partial charge in [-0.05, 0) is 13.8 Å². The lowest BCUT2D eigenvalue weighted by Crippen LogP contribution is -2.15. The third-order valence-electron chi connectivity index (χ3n) is 1.90. The van der Waals surface area contributed by atoms with E-state index >= 15 is 0 Å². The Morgan fingerprint density at radius 2 is 2.08 bits per heavy atom. The zero-order valence-electron chi connectivity index (χ0n) is 8.57. The van der Waals surface area contributed by atoms with Crippen LogP contribution in [0.2, 0.25) is 0 Å². The molecule has 4 heteroatoms. The summed E-state index contributed by atoms with van der Waals surface area (Å²) in [6.07, 6.45) is 1.79. The van der Waals surface area contributed by atoms with Gasteiger partial charge >= 0.3 is 0 Å². The van der Waals surface area contributed by atoms with E-state index in [1.54, 1.807) is 6.20 Å². The van der Waals surface area contributed by atoms with Crippen LogP contribution in [0.3, 0.4) is 0 Å². The fourth-order valence-electron chi connectivity index (χ4n) is 1.13. The van der Waals surface area contributed by atoms with Crippen LogP contribution in [0.4, 0.5) is 5.95 Å². The summed E-state index contributed by atoms with van der Waals surface area (Å²) in [5, 5.41) is 0. The molecule has 1 aromatic heterocycles. The molecule has 0 aliphatic rings. The van der Waals surface area contributed by atoms with Crippen LogP contribution >= 0.6 is 0 Å². The molecule has 1 heterocycles. The molecule has 1 aromatic rings. The average Bonchev–Trinajstić information content (AvgIpc) is 2.03. The van der Waals surface area contributed by atoms with Crippen molar-refractivity contribution in [3.05, 3.63) is 17.5 Å². The topological polar surface area (TPSA) is 55.0 Å². The maximum atomic E-state index is 5.75. The first-order valence-corrected chi connectivity index (χ1v) is 4.29. The molecule has 0 saturated carbocycles. The zero-order valence-corrected chi connectivity index (χ0v) is 8.57. The van der Waals surface area contributed by atoms with Crippen molar-refractivity contribution >= 4 is 5.95 Å². The Bertz CT molecular complexity index is 294. The Hall–Kier alpha value is -1.16. The quantitative estimate of drug-likeness (QED) is 0.733. The van der Waals surface area contributed by atoms with Crippen molar-refractivity contribution in [2.45, 2.75) is 19.9 Å². The van der Waals surface area contributed by atoms with Gasteiger partial charge in [0.2, 0.25) is 5.95 Å². The largest absolute Gasteiger partial charge is 0.347 e. The molecule has 0 aromatic carbocycles. The molecule has 0 saturated heterocycles. The molecular weight excluding hydrogens is 164 g/mol.